The molecule has 0 bridgehead atoms. The third kappa shape index (κ3) is 3.46. The van der Waals surface area contributed by atoms with Gasteiger partial charge in [0, 0.05) is 21.5 Å². The zero-order valence-corrected chi connectivity index (χ0v) is 13.3. The van der Waals surface area contributed by atoms with Gasteiger partial charge in [0.1, 0.15) is 0 Å². The average Bonchev–Trinajstić information content (AvgIpc) is 2.76. The second-order valence-corrected chi connectivity index (χ2v) is 6.41. The lowest BCUT2D eigenvalue weighted by Crippen LogP contribution is -2.41. The van der Waals surface area contributed by atoms with Crippen LogP contribution in [0.1, 0.15) is 29.6 Å². The molecule has 1 aliphatic rings. The first-order chi connectivity index (χ1) is 8.99. The molecule has 3 nitrogen and oxygen atoms in total. The van der Waals surface area contributed by atoms with Crippen molar-refractivity contribution in [3.05, 3.63) is 33.3 Å². The fourth-order valence-corrected chi connectivity index (χ4v) is 3.54. The molecule has 1 amide bonds. The number of carbonyl (C=O) groups is 1. The van der Waals surface area contributed by atoms with Gasteiger partial charge in [-0.1, -0.05) is 30.2 Å². The Labute approximate surface area is 131 Å². The number of rotatable bonds is 3. The van der Waals surface area contributed by atoms with E-state index in [1.165, 1.54) is 0 Å². The summed E-state index contributed by atoms with van der Waals surface area (Å²) in [5.74, 6) is -0.0262. The molecule has 0 aliphatic heterocycles. The van der Waals surface area contributed by atoms with E-state index < -0.39 is 0 Å². The first-order valence-electron chi connectivity index (χ1n) is 6.04. The SMILES string of the molecule is NC(=S)C1CCCC1NC(=O)c1ccc(Cl)cc1Br. The Balaban J connectivity index is 2.10. The minimum atomic E-state index is -0.128. The highest BCUT2D eigenvalue weighted by atomic mass is 79.9. The van der Waals surface area contributed by atoms with Gasteiger partial charge in [0.05, 0.1) is 10.6 Å². The Morgan fingerprint density at radius 3 is 2.84 bits per heavy atom. The molecule has 6 heteroatoms. The van der Waals surface area contributed by atoms with Gasteiger partial charge in [0.25, 0.3) is 5.91 Å². The number of halogens is 2. The van der Waals surface area contributed by atoms with Crippen molar-refractivity contribution >= 4 is 50.6 Å². The van der Waals surface area contributed by atoms with Crippen molar-refractivity contribution in [1.29, 1.82) is 0 Å². The van der Waals surface area contributed by atoms with Crippen LogP contribution in [-0.2, 0) is 0 Å². The molecule has 19 heavy (non-hydrogen) atoms. The molecular formula is C13H14BrClN2OS. The average molecular weight is 362 g/mol. The summed E-state index contributed by atoms with van der Waals surface area (Å²) < 4.78 is 0.683. The molecule has 102 valence electrons. The van der Waals surface area contributed by atoms with Gasteiger partial charge in [-0.25, -0.2) is 0 Å². The number of benzene rings is 1. The van der Waals surface area contributed by atoms with Crippen molar-refractivity contribution in [2.75, 3.05) is 0 Å². The maximum atomic E-state index is 12.2. The molecular weight excluding hydrogens is 348 g/mol. The standard InChI is InChI=1S/C13H14BrClN2OS/c14-10-6-7(15)4-5-8(10)13(18)17-11-3-1-2-9(11)12(16)19/h4-6,9,11H,1-3H2,(H2,16,19)(H,17,18). The van der Waals surface area contributed by atoms with Gasteiger partial charge in [-0.2, -0.15) is 0 Å². The summed E-state index contributed by atoms with van der Waals surface area (Å²) in [7, 11) is 0. The number of amides is 1. The Hall–Kier alpha value is -0.650. The number of hydrogen-bond acceptors (Lipinski definition) is 2. The van der Waals surface area contributed by atoms with Crippen LogP contribution in [0.2, 0.25) is 5.02 Å². The smallest absolute Gasteiger partial charge is 0.252 e. The van der Waals surface area contributed by atoms with Crippen LogP contribution in [0.25, 0.3) is 0 Å². The van der Waals surface area contributed by atoms with E-state index >= 15 is 0 Å². The third-order valence-corrected chi connectivity index (χ3v) is 4.57. The van der Waals surface area contributed by atoms with Gasteiger partial charge >= 0.3 is 0 Å². The van der Waals surface area contributed by atoms with Crippen LogP contribution in [-0.4, -0.2) is 16.9 Å². The van der Waals surface area contributed by atoms with E-state index in [1.807, 2.05) is 0 Å². The quantitative estimate of drug-likeness (QED) is 0.812. The number of nitrogens with one attached hydrogen (secondary N) is 1. The highest BCUT2D eigenvalue weighted by Gasteiger charge is 2.30. The van der Waals surface area contributed by atoms with Crippen LogP contribution in [0, 0.1) is 5.92 Å². The van der Waals surface area contributed by atoms with Gasteiger partial charge in [-0.05, 0) is 47.0 Å². The summed E-state index contributed by atoms with van der Waals surface area (Å²) in [6, 6.07) is 5.14. The molecule has 2 rings (SSSR count). The van der Waals surface area contributed by atoms with Crippen LogP contribution in [0.3, 0.4) is 0 Å². The molecule has 1 fully saturated rings. The fraction of sp³-hybridized carbons (Fsp3) is 0.385. The van der Waals surface area contributed by atoms with Crippen LogP contribution >= 0.6 is 39.7 Å². The largest absolute Gasteiger partial charge is 0.393 e. The Morgan fingerprint density at radius 2 is 2.21 bits per heavy atom. The Bertz CT molecular complexity index is 523. The van der Waals surface area contributed by atoms with Crippen LogP contribution < -0.4 is 11.1 Å². The molecule has 0 radical (unpaired) electrons. The predicted octanol–water partition coefficient (Wildman–Crippen LogP) is 3.29. The summed E-state index contributed by atoms with van der Waals surface area (Å²) in [6.07, 6.45) is 2.90. The molecule has 1 aromatic carbocycles. The third-order valence-electron chi connectivity index (χ3n) is 3.37. The Morgan fingerprint density at radius 1 is 1.47 bits per heavy atom. The van der Waals surface area contributed by atoms with E-state index in [2.05, 4.69) is 21.2 Å². The van der Waals surface area contributed by atoms with Crippen molar-refractivity contribution in [3.8, 4) is 0 Å². The van der Waals surface area contributed by atoms with E-state index in [0.717, 1.165) is 19.3 Å². The van der Waals surface area contributed by atoms with Gasteiger partial charge in [-0.3, -0.25) is 4.79 Å². The van der Waals surface area contributed by atoms with Crippen molar-refractivity contribution in [1.82, 2.24) is 5.32 Å². The van der Waals surface area contributed by atoms with E-state index in [0.29, 0.717) is 20.0 Å². The minimum Gasteiger partial charge on any atom is -0.393 e. The molecule has 2 unspecified atom stereocenters. The molecule has 1 saturated carbocycles. The van der Waals surface area contributed by atoms with E-state index in [1.54, 1.807) is 18.2 Å². The van der Waals surface area contributed by atoms with E-state index in [9.17, 15) is 4.79 Å². The van der Waals surface area contributed by atoms with Gasteiger partial charge in [0.15, 0.2) is 0 Å². The maximum absolute atomic E-state index is 12.2. The predicted molar refractivity (Wildman–Crippen MR) is 84.5 cm³/mol. The first-order valence-corrected chi connectivity index (χ1v) is 7.62. The molecule has 3 N–H and O–H groups in total. The topological polar surface area (TPSA) is 55.1 Å². The maximum Gasteiger partial charge on any atom is 0.252 e. The first kappa shape index (κ1) is 14.8. The summed E-state index contributed by atoms with van der Waals surface area (Å²) >= 11 is 14.3. The van der Waals surface area contributed by atoms with E-state index in [-0.39, 0.29) is 17.9 Å². The Kier molecular flexibility index (Phi) is 4.81. The van der Waals surface area contributed by atoms with E-state index in [4.69, 9.17) is 29.6 Å². The number of carbonyl (C=O) groups excluding carboxylic acids is 1. The van der Waals surface area contributed by atoms with Gasteiger partial charge in [0.2, 0.25) is 0 Å². The zero-order chi connectivity index (χ0) is 14.0. The highest BCUT2D eigenvalue weighted by molar-refractivity contribution is 9.10. The minimum absolute atomic E-state index is 0.0348. The summed E-state index contributed by atoms with van der Waals surface area (Å²) in [5.41, 5.74) is 6.27. The molecule has 2 atom stereocenters. The number of thiocarbonyl (C=S) groups is 1. The van der Waals surface area contributed by atoms with Crippen molar-refractivity contribution in [2.45, 2.75) is 25.3 Å². The number of hydrogen-bond donors (Lipinski definition) is 2. The normalized spacial score (nSPS) is 22.2. The van der Waals surface area contributed by atoms with Crippen LogP contribution in [0.15, 0.2) is 22.7 Å². The molecule has 0 spiro atoms. The zero-order valence-electron chi connectivity index (χ0n) is 10.2. The van der Waals surface area contributed by atoms with Crippen LogP contribution in [0.4, 0.5) is 0 Å². The van der Waals surface area contributed by atoms with Crippen molar-refractivity contribution in [3.63, 3.8) is 0 Å². The lowest BCUT2D eigenvalue weighted by atomic mass is 10.0. The molecule has 0 heterocycles. The van der Waals surface area contributed by atoms with Gasteiger partial charge < -0.3 is 11.1 Å². The molecule has 0 saturated heterocycles. The highest BCUT2D eigenvalue weighted by Crippen LogP contribution is 2.27. The van der Waals surface area contributed by atoms with Gasteiger partial charge in [-0.15, -0.1) is 0 Å². The van der Waals surface area contributed by atoms with Crippen LogP contribution in [0.5, 0.6) is 0 Å². The lowest BCUT2D eigenvalue weighted by molar-refractivity contribution is 0.0933. The number of nitrogens with two attached hydrogens (primary N) is 1. The monoisotopic (exact) mass is 360 g/mol. The molecule has 1 aliphatic carbocycles. The van der Waals surface area contributed by atoms with Crippen molar-refractivity contribution < 1.29 is 4.79 Å². The summed E-state index contributed by atoms with van der Waals surface area (Å²) in [6.45, 7) is 0. The molecule has 0 aromatic heterocycles. The fourth-order valence-electron chi connectivity index (χ4n) is 2.39. The lowest BCUT2D eigenvalue weighted by Gasteiger charge is -2.20. The molecule has 1 aromatic rings. The second kappa shape index (κ2) is 6.20. The second-order valence-electron chi connectivity index (χ2n) is 4.64. The van der Waals surface area contributed by atoms with Crippen molar-refractivity contribution in [2.24, 2.45) is 11.7 Å². The summed E-state index contributed by atoms with van der Waals surface area (Å²) in [5, 5.41) is 3.60. The summed E-state index contributed by atoms with van der Waals surface area (Å²) in [4.78, 5) is 12.7.